The van der Waals surface area contributed by atoms with Crippen molar-refractivity contribution in [1.82, 2.24) is 14.6 Å². The van der Waals surface area contributed by atoms with E-state index >= 15 is 0 Å². The maximum atomic E-state index is 10.9. The average Bonchev–Trinajstić information content (AvgIpc) is 2.92. The van der Waals surface area contributed by atoms with Gasteiger partial charge in [0.05, 0.1) is 0 Å². The van der Waals surface area contributed by atoms with E-state index in [1.54, 1.807) is 0 Å². The molecule has 0 aromatic carbocycles. The first-order valence-corrected chi connectivity index (χ1v) is 5.84. The molecule has 2 unspecified atom stereocenters. The standard InChI is InChI=1S/C12H13N3O3/c1-7-4-5-15-10(6-7)13-14-11(15)8-2-3-9(18-8)12(16)17/h4-6,8-9H,2-3H2,1H3,(H,16,17). The molecule has 0 spiro atoms. The van der Waals surface area contributed by atoms with Crippen molar-refractivity contribution in [3.63, 3.8) is 0 Å². The molecular weight excluding hydrogens is 234 g/mol. The summed E-state index contributed by atoms with van der Waals surface area (Å²) in [4.78, 5) is 10.9. The summed E-state index contributed by atoms with van der Waals surface area (Å²) < 4.78 is 7.33. The number of hydrogen-bond acceptors (Lipinski definition) is 4. The summed E-state index contributed by atoms with van der Waals surface area (Å²) in [5.41, 5.74) is 1.87. The van der Waals surface area contributed by atoms with E-state index in [1.165, 1.54) is 0 Å². The lowest BCUT2D eigenvalue weighted by Crippen LogP contribution is -2.19. The van der Waals surface area contributed by atoms with E-state index in [9.17, 15) is 4.79 Å². The van der Waals surface area contributed by atoms with Crippen LogP contribution in [0, 0.1) is 6.92 Å². The number of aryl methyl sites for hydroxylation is 1. The fourth-order valence-corrected chi connectivity index (χ4v) is 2.24. The van der Waals surface area contributed by atoms with Crippen molar-refractivity contribution in [2.45, 2.75) is 32.0 Å². The number of pyridine rings is 1. The van der Waals surface area contributed by atoms with Crippen molar-refractivity contribution in [1.29, 1.82) is 0 Å². The normalized spacial score (nSPS) is 23.6. The molecule has 1 aliphatic rings. The van der Waals surface area contributed by atoms with Crippen LogP contribution in [0.5, 0.6) is 0 Å². The molecule has 1 fully saturated rings. The van der Waals surface area contributed by atoms with E-state index in [-0.39, 0.29) is 6.10 Å². The second-order valence-corrected chi connectivity index (χ2v) is 4.52. The van der Waals surface area contributed by atoms with E-state index in [0.29, 0.717) is 18.7 Å². The summed E-state index contributed by atoms with van der Waals surface area (Å²) in [5.74, 6) is -0.240. The number of aliphatic carboxylic acids is 1. The monoisotopic (exact) mass is 247 g/mol. The molecule has 94 valence electrons. The molecule has 2 atom stereocenters. The predicted octanol–water partition coefficient (Wildman–Crippen LogP) is 1.34. The van der Waals surface area contributed by atoms with Gasteiger partial charge in [0.15, 0.2) is 17.6 Å². The van der Waals surface area contributed by atoms with Crippen LogP contribution in [-0.4, -0.2) is 31.8 Å². The van der Waals surface area contributed by atoms with Gasteiger partial charge < -0.3 is 9.84 Å². The Kier molecular flexibility index (Phi) is 2.52. The molecule has 0 saturated carbocycles. The molecule has 18 heavy (non-hydrogen) atoms. The van der Waals surface area contributed by atoms with E-state index < -0.39 is 12.1 Å². The minimum Gasteiger partial charge on any atom is -0.479 e. The predicted molar refractivity (Wildman–Crippen MR) is 62.2 cm³/mol. The number of carbonyl (C=O) groups is 1. The third-order valence-corrected chi connectivity index (χ3v) is 3.17. The lowest BCUT2D eigenvalue weighted by molar-refractivity contribution is -0.149. The Balaban J connectivity index is 1.94. The minimum atomic E-state index is -0.915. The lowest BCUT2D eigenvalue weighted by Gasteiger charge is -2.09. The van der Waals surface area contributed by atoms with Gasteiger partial charge in [-0.25, -0.2) is 4.79 Å². The highest BCUT2D eigenvalue weighted by Gasteiger charge is 2.33. The van der Waals surface area contributed by atoms with Crippen LogP contribution < -0.4 is 0 Å². The smallest absolute Gasteiger partial charge is 0.332 e. The number of aromatic nitrogens is 3. The van der Waals surface area contributed by atoms with Gasteiger partial charge in [-0.05, 0) is 37.5 Å². The first-order chi connectivity index (χ1) is 8.65. The molecule has 0 bridgehead atoms. The third kappa shape index (κ3) is 1.74. The van der Waals surface area contributed by atoms with Gasteiger partial charge in [-0.3, -0.25) is 4.40 Å². The highest BCUT2D eigenvalue weighted by molar-refractivity contribution is 5.72. The van der Waals surface area contributed by atoms with E-state index in [1.807, 2.05) is 29.7 Å². The Labute approximate surface area is 103 Å². The zero-order valence-electron chi connectivity index (χ0n) is 9.91. The van der Waals surface area contributed by atoms with Crippen LogP contribution in [0.25, 0.3) is 5.65 Å². The molecule has 0 amide bonds. The first kappa shape index (κ1) is 11.2. The van der Waals surface area contributed by atoms with Crippen LogP contribution in [0.3, 0.4) is 0 Å². The molecule has 0 radical (unpaired) electrons. The quantitative estimate of drug-likeness (QED) is 0.866. The Hall–Kier alpha value is -1.95. The van der Waals surface area contributed by atoms with Crippen LogP contribution in [0.2, 0.25) is 0 Å². The average molecular weight is 247 g/mol. The molecular formula is C12H13N3O3. The molecule has 0 aliphatic carbocycles. The van der Waals surface area contributed by atoms with Gasteiger partial charge in [0, 0.05) is 6.20 Å². The number of nitrogens with zero attached hydrogens (tertiary/aromatic N) is 3. The van der Waals surface area contributed by atoms with Gasteiger partial charge in [-0.15, -0.1) is 10.2 Å². The summed E-state index contributed by atoms with van der Waals surface area (Å²) in [5, 5.41) is 17.1. The number of carboxylic acids is 1. The van der Waals surface area contributed by atoms with E-state index in [0.717, 1.165) is 11.2 Å². The Morgan fingerprint density at radius 1 is 1.50 bits per heavy atom. The van der Waals surface area contributed by atoms with Crippen LogP contribution in [0.1, 0.15) is 30.3 Å². The van der Waals surface area contributed by atoms with Crippen LogP contribution in [-0.2, 0) is 9.53 Å². The van der Waals surface area contributed by atoms with Gasteiger partial charge in [-0.2, -0.15) is 0 Å². The Morgan fingerprint density at radius 3 is 3.06 bits per heavy atom. The second kappa shape index (κ2) is 4.06. The molecule has 6 nitrogen and oxygen atoms in total. The SMILES string of the molecule is Cc1ccn2c(C3CCC(C(=O)O)O3)nnc2c1. The summed E-state index contributed by atoms with van der Waals surface area (Å²) >= 11 is 0. The van der Waals surface area contributed by atoms with Crippen molar-refractivity contribution in [2.75, 3.05) is 0 Å². The van der Waals surface area contributed by atoms with Gasteiger partial charge >= 0.3 is 5.97 Å². The number of rotatable bonds is 2. The fourth-order valence-electron chi connectivity index (χ4n) is 2.24. The van der Waals surface area contributed by atoms with E-state index in [4.69, 9.17) is 9.84 Å². The molecule has 1 aliphatic heterocycles. The van der Waals surface area contributed by atoms with Gasteiger partial charge in [0.2, 0.25) is 0 Å². The van der Waals surface area contributed by atoms with Crippen molar-refractivity contribution in [3.8, 4) is 0 Å². The number of fused-ring (bicyclic) bond motifs is 1. The number of carboxylic acid groups (broad SMARTS) is 1. The lowest BCUT2D eigenvalue weighted by atomic mass is 10.2. The maximum absolute atomic E-state index is 10.9. The summed E-state index contributed by atoms with van der Waals surface area (Å²) in [6.45, 7) is 1.99. The molecule has 2 aromatic heterocycles. The van der Waals surface area contributed by atoms with Gasteiger partial charge in [0.1, 0.15) is 6.10 Å². The first-order valence-electron chi connectivity index (χ1n) is 5.84. The summed E-state index contributed by atoms with van der Waals surface area (Å²) in [6, 6.07) is 3.89. The molecule has 2 aromatic rings. The second-order valence-electron chi connectivity index (χ2n) is 4.52. The molecule has 3 heterocycles. The minimum absolute atomic E-state index is 0.288. The van der Waals surface area contributed by atoms with Crippen LogP contribution in [0.15, 0.2) is 18.3 Å². The summed E-state index contributed by atoms with van der Waals surface area (Å²) in [7, 11) is 0. The van der Waals surface area contributed by atoms with Gasteiger partial charge in [-0.1, -0.05) is 0 Å². The maximum Gasteiger partial charge on any atom is 0.332 e. The molecule has 1 saturated heterocycles. The zero-order valence-corrected chi connectivity index (χ0v) is 9.91. The zero-order chi connectivity index (χ0) is 12.7. The Morgan fingerprint density at radius 2 is 2.33 bits per heavy atom. The highest BCUT2D eigenvalue weighted by Crippen LogP contribution is 2.31. The van der Waals surface area contributed by atoms with Crippen molar-refractivity contribution in [2.24, 2.45) is 0 Å². The third-order valence-electron chi connectivity index (χ3n) is 3.17. The summed E-state index contributed by atoms with van der Waals surface area (Å²) in [6.07, 6.45) is 2.04. The number of ether oxygens (including phenoxy) is 1. The highest BCUT2D eigenvalue weighted by atomic mass is 16.5. The topological polar surface area (TPSA) is 76.7 Å². The van der Waals surface area contributed by atoms with Crippen LogP contribution >= 0.6 is 0 Å². The van der Waals surface area contributed by atoms with Crippen molar-refractivity contribution in [3.05, 3.63) is 29.7 Å². The fraction of sp³-hybridized carbons (Fsp3) is 0.417. The van der Waals surface area contributed by atoms with Crippen LogP contribution in [0.4, 0.5) is 0 Å². The Bertz CT molecular complexity index is 608. The van der Waals surface area contributed by atoms with E-state index in [2.05, 4.69) is 10.2 Å². The molecule has 6 heteroatoms. The van der Waals surface area contributed by atoms with Crippen molar-refractivity contribution >= 4 is 11.6 Å². The number of hydrogen-bond donors (Lipinski definition) is 1. The largest absolute Gasteiger partial charge is 0.479 e. The molecule has 1 N–H and O–H groups in total. The molecule has 3 rings (SSSR count). The van der Waals surface area contributed by atoms with Crippen molar-refractivity contribution < 1.29 is 14.6 Å². The van der Waals surface area contributed by atoms with Gasteiger partial charge in [0.25, 0.3) is 0 Å².